The highest BCUT2D eigenvalue weighted by Gasteiger charge is 2.55. The molecule has 192 valence electrons. The Kier molecular flexibility index (Phi) is 11.7. The lowest BCUT2D eigenvalue weighted by Crippen LogP contribution is -2.40. The number of hydrogen-bond donors (Lipinski definition) is 0. The Balaban J connectivity index is 4.83. The van der Waals surface area contributed by atoms with E-state index in [4.69, 9.17) is 69.6 Å². The van der Waals surface area contributed by atoms with E-state index in [1.807, 2.05) is 0 Å². The van der Waals surface area contributed by atoms with E-state index in [9.17, 15) is 31.1 Å². The number of ketones is 1. The second-order valence-electron chi connectivity index (χ2n) is 9.26. The van der Waals surface area contributed by atoms with Crippen molar-refractivity contribution >= 4 is 75.4 Å². The number of hydrogen-bond acceptors (Lipinski definition) is 1. The molecule has 1 nitrogen and oxygen atoms in total. The highest BCUT2D eigenvalue weighted by atomic mass is 35.5. The first-order valence-electron chi connectivity index (χ1n) is 9.55. The van der Waals surface area contributed by atoms with E-state index >= 15 is 0 Å². The van der Waals surface area contributed by atoms with Crippen molar-refractivity contribution in [1.82, 2.24) is 0 Å². The summed E-state index contributed by atoms with van der Waals surface area (Å²) in [6, 6.07) is 0. The lowest BCUT2D eigenvalue weighted by Gasteiger charge is -2.35. The third-order valence-electron chi connectivity index (χ3n) is 5.49. The molecule has 32 heavy (non-hydrogen) atoms. The van der Waals surface area contributed by atoms with E-state index < -0.39 is 55.4 Å². The van der Waals surface area contributed by atoms with Crippen LogP contribution < -0.4 is 0 Å². The van der Waals surface area contributed by atoms with Gasteiger partial charge in [0.1, 0.15) is 5.78 Å². The zero-order valence-electron chi connectivity index (χ0n) is 17.8. The molecule has 2 unspecified atom stereocenters. The van der Waals surface area contributed by atoms with E-state index in [0.29, 0.717) is 0 Å². The van der Waals surface area contributed by atoms with Crippen LogP contribution in [-0.4, -0.2) is 37.6 Å². The van der Waals surface area contributed by atoms with Gasteiger partial charge in [-0.25, -0.2) is 0 Å². The second-order valence-corrected chi connectivity index (χ2v) is 13.3. The summed E-state index contributed by atoms with van der Waals surface area (Å²) in [5.74, 6) is -0.239. The van der Waals surface area contributed by atoms with Gasteiger partial charge in [0.05, 0.1) is 0 Å². The fourth-order valence-corrected chi connectivity index (χ4v) is 4.21. The third-order valence-corrected chi connectivity index (χ3v) is 8.46. The minimum absolute atomic E-state index is 0.000340. The number of carbonyl (C=O) groups excluding carboxylic acids is 1. The summed E-state index contributed by atoms with van der Waals surface area (Å²) in [7, 11) is 0. The van der Waals surface area contributed by atoms with Crippen LogP contribution in [0.15, 0.2) is 0 Å². The molecule has 0 saturated carbocycles. The minimum Gasteiger partial charge on any atom is -0.300 e. The monoisotopic (exact) mass is 594 g/mol. The fraction of sp³-hybridized carbons (Fsp3) is 0.947. The molecule has 0 aromatic carbocycles. The molecule has 0 bridgehead atoms. The van der Waals surface area contributed by atoms with Gasteiger partial charge in [0.15, 0.2) is 0 Å². The average Bonchev–Trinajstić information content (AvgIpc) is 2.55. The quantitative estimate of drug-likeness (QED) is 0.162. The number of carbonyl (C=O) groups is 1. The van der Waals surface area contributed by atoms with Crippen LogP contribution in [0.25, 0.3) is 0 Å². The predicted octanol–water partition coefficient (Wildman–Crippen LogP) is 9.64. The highest BCUT2D eigenvalue weighted by Crippen LogP contribution is 2.49. The van der Waals surface area contributed by atoms with Crippen molar-refractivity contribution in [2.24, 2.45) is 10.8 Å². The summed E-state index contributed by atoms with van der Waals surface area (Å²) in [4.78, 5) is 12.3. The van der Waals surface area contributed by atoms with E-state index in [1.165, 1.54) is 0 Å². The molecule has 0 amide bonds. The van der Waals surface area contributed by atoms with Gasteiger partial charge in [-0.05, 0) is 23.7 Å². The second kappa shape index (κ2) is 11.4. The van der Waals surface area contributed by atoms with Crippen molar-refractivity contribution in [2.45, 2.75) is 98.0 Å². The lowest BCUT2D eigenvalue weighted by molar-refractivity contribution is -0.144. The molecule has 0 aliphatic rings. The normalized spacial score (nSPS) is 16.8. The molecule has 2 atom stereocenters. The predicted molar refractivity (Wildman–Crippen MR) is 121 cm³/mol. The van der Waals surface area contributed by atoms with Crippen molar-refractivity contribution in [3.05, 3.63) is 0 Å². The standard InChI is InChI=1S/C19H26Cl6F6O/c1-14(2,12(20)9-16(22,23)18(26,27)28)7-5-11(32)6-8-15(3,4)13(21)10-17(24,25)19(29,30)31/h12-13H,5-10H2,1-4H3. The van der Waals surface area contributed by atoms with Gasteiger partial charge < -0.3 is 0 Å². The molecule has 0 N–H and O–H groups in total. The van der Waals surface area contributed by atoms with Crippen molar-refractivity contribution in [2.75, 3.05) is 0 Å². The molecule has 0 aliphatic heterocycles. The molecule has 0 saturated heterocycles. The van der Waals surface area contributed by atoms with Crippen LogP contribution in [0, 0.1) is 10.8 Å². The topological polar surface area (TPSA) is 17.1 Å². The van der Waals surface area contributed by atoms with Crippen LogP contribution in [-0.2, 0) is 4.79 Å². The zero-order valence-corrected chi connectivity index (χ0v) is 22.4. The van der Waals surface area contributed by atoms with Crippen molar-refractivity contribution < 1.29 is 31.1 Å². The van der Waals surface area contributed by atoms with Crippen LogP contribution in [0.3, 0.4) is 0 Å². The van der Waals surface area contributed by atoms with Crippen LogP contribution >= 0.6 is 69.6 Å². The van der Waals surface area contributed by atoms with Crippen LogP contribution in [0.1, 0.15) is 66.2 Å². The Morgan fingerprint density at radius 2 is 0.906 bits per heavy atom. The Morgan fingerprint density at radius 1 is 0.656 bits per heavy atom. The maximum Gasteiger partial charge on any atom is 0.421 e. The molecule has 0 aromatic heterocycles. The Bertz CT molecular complexity index is 579. The highest BCUT2D eigenvalue weighted by molar-refractivity contribution is 6.49. The maximum atomic E-state index is 12.9. The van der Waals surface area contributed by atoms with Crippen molar-refractivity contribution in [1.29, 1.82) is 0 Å². The molecule has 0 rings (SSSR count). The summed E-state index contributed by atoms with van der Waals surface area (Å²) >= 11 is 33.7. The molecule has 13 heteroatoms. The SMILES string of the molecule is CC(C)(CCC(=O)CCC(C)(C)C(Cl)CC(Cl)(Cl)C(F)(F)F)C(Cl)CC(Cl)(Cl)C(F)(F)F. The molecule has 0 radical (unpaired) electrons. The fourth-order valence-electron chi connectivity index (χ4n) is 2.60. The number of alkyl halides is 12. The first-order chi connectivity index (χ1) is 13.9. The lowest BCUT2D eigenvalue weighted by atomic mass is 9.79. The van der Waals surface area contributed by atoms with E-state index in [0.717, 1.165) is 0 Å². The van der Waals surface area contributed by atoms with Gasteiger partial charge >= 0.3 is 12.4 Å². The summed E-state index contributed by atoms with van der Waals surface area (Å²) in [5.41, 5.74) is -1.79. The molecule has 0 aliphatic carbocycles. The van der Waals surface area contributed by atoms with E-state index in [1.54, 1.807) is 27.7 Å². The first kappa shape index (κ1) is 33.0. The zero-order chi connectivity index (χ0) is 26.0. The molecule has 0 heterocycles. The molecule has 0 aromatic rings. The molecule has 0 spiro atoms. The van der Waals surface area contributed by atoms with Gasteiger partial charge in [-0.1, -0.05) is 74.1 Å². The molecular weight excluding hydrogens is 571 g/mol. The van der Waals surface area contributed by atoms with Crippen LogP contribution in [0.4, 0.5) is 26.3 Å². The molecular formula is C19H26Cl6F6O. The van der Waals surface area contributed by atoms with Gasteiger partial charge in [-0.15, -0.1) is 23.2 Å². The summed E-state index contributed by atoms with van der Waals surface area (Å²) in [6.07, 6.45) is -10.9. The maximum absolute atomic E-state index is 12.9. The van der Waals surface area contributed by atoms with E-state index in [2.05, 4.69) is 0 Å². The van der Waals surface area contributed by atoms with Gasteiger partial charge in [0.25, 0.3) is 0 Å². The third kappa shape index (κ3) is 9.93. The van der Waals surface area contributed by atoms with Gasteiger partial charge in [0.2, 0.25) is 8.67 Å². The number of rotatable bonds is 12. The summed E-state index contributed by atoms with van der Waals surface area (Å²) < 4.78 is 71.2. The number of halogens is 12. The first-order valence-corrected chi connectivity index (χ1v) is 11.9. The average molecular weight is 597 g/mol. The van der Waals surface area contributed by atoms with Gasteiger partial charge in [-0.2, -0.15) is 26.3 Å². The summed E-state index contributed by atoms with van der Waals surface area (Å²) in [5, 5.41) is -2.14. The Morgan fingerprint density at radius 3 is 1.12 bits per heavy atom. The Hall–Kier alpha value is 0.990. The van der Waals surface area contributed by atoms with Crippen LogP contribution in [0.5, 0.6) is 0 Å². The smallest absolute Gasteiger partial charge is 0.300 e. The molecule has 0 fully saturated rings. The minimum atomic E-state index is -4.87. The van der Waals surface area contributed by atoms with Gasteiger partial charge in [0, 0.05) is 36.4 Å². The van der Waals surface area contributed by atoms with E-state index in [-0.39, 0.29) is 31.5 Å². The number of Topliss-reactive ketones (excluding diaryl/α,β-unsaturated/α-hetero) is 1. The Labute approximate surface area is 214 Å². The van der Waals surface area contributed by atoms with Gasteiger partial charge in [-0.3, -0.25) is 4.79 Å². The summed E-state index contributed by atoms with van der Waals surface area (Å²) in [6.45, 7) is 6.37. The van der Waals surface area contributed by atoms with Crippen molar-refractivity contribution in [3.63, 3.8) is 0 Å². The van der Waals surface area contributed by atoms with Crippen molar-refractivity contribution in [3.8, 4) is 0 Å². The largest absolute Gasteiger partial charge is 0.421 e. The van der Waals surface area contributed by atoms with Crippen LogP contribution in [0.2, 0.25) is 0 Å².